The molecule has 0 radical (unpaired) electrons. The maximum Gasteiger partial charge on any atom is 0.274 e. The van der Waals surface area contributed by atoms with E-state index in [0.717, 1.165) is 5.39 Å². The fraction of sp³-hybridized carbons (Fsp3) is 0. The van der Waals surface area contributed by atoms with Crippen molar-refractivity contribution in [3.63, 3.8) is 0 Å². The molecule has 0 unspecified atom stereocenters. The minimum absolute atomic E-state index is 0.132. The Balaban J connectivity index is 3.04. The van der Waals surface area contributed by atoms with Crippen molar-refractivity contribution in [1.29, 1.82) is 0 Å². The lowest BCUT2D eigenvalue weighted by molar-refractivity contribution is 0.616. The lowest BCUT2D eigenvalue weighted by atomic mass is 10.3. The van der Waals surface area contributed by atoms with Crippen LogP contribution < -0.4 is 11.3 Å². The first-order valence-electron chi connectivity index (χ1n) is 3.13. The van der Waals surface area contributed by atoms with Crippen LogP contribution in [0.4, 0.5) is 5.69 Å². The first-order chi connectivity index (χ1) is 5.29. The Labute approximate surface area is 61.6 Å². The fourth-order valence-corrected chi connectivity index (χ4v) is 0.976. The zero-order valence-corrected chi connectivity index (χ0v) is 5.63. The quantitative estimate of drug-likeness (QED) is 0.580. The summed E-state index contributed by atoms with van der Waals surface area (Å²) in [4.78, 5) is 13.4. The van der Waals surface area contributed by atoms with E-state index in [4.69, 9.17) is 10.2 Å². The van der Waals surface area contributed by atoms with Crippen molar-refractivity contribution in [3.05, 3.63) is 28.9 Å². The number of H-pyrrole nitrogens is 1. The third-order valence-corrected chi connectivity index (χ3v) is 1.54. The molecule has 0 fully saturated rings. The number of aromatic amines is 1. The van der Waals surface area contributed by atoms with E-state index in [1.165, 1.54) is 6.26 Å². The second-order valence-electron chi connectivity index (χ2n) is 2.24. The summed E-state index contributed by atoms with van der Waals surface area (Å²) in [5, 5.41) is 0.808. The van der Waals surface area contributed by atoms with Crippen LogP contribution in [0.2, 0.25) is 0 Å². The molecular weight excluding hydrogens is 144 g/mol. The summed E-state index contributed by atoms with van der Waals surface area (Å²) in [7, 11) is 0. The van der Waals surface area contributed by atoms with Gasteiger partial charge in [-0.15, -0.1) is 0 Å². The molecule has 56 valence electrons. The van der Waals surface area contributed by atoms with Gasteiger partial charge in [-0.25, -0.2) is 0 Å². The standard InChI is InChI=1S/C7H6N2O2/c8-5-6-4(1-2-11-6)3-9-7(5)10/h1-3H,8H2,(H,9,10). The smallest absolute Gasteiger partial charge is 0.274 e. The van der Waals surface area contributed by atoms with E-state index in [2.05, 4.69) is 4.98 Å². The van der Waals surface area contributed by atoms with Gasteiger partial charge in [0.2, 0.25) is 0 Å². The summed E-state index contributed by atoms with van der Waals surface area (Å²) in [5.74, 6) is 0. The molecule has 2 heterocycles. The Bertz CT molecular complexity index is 441. The van der Waals surface area contributed by atoms with Crippen molar-refractivity contribution in [2.45, 2.75) is 0 Å². The van der Waals surface area contributed by atoms with Crippen LogP contribution >= 0.6 is 0 Å². The van der Waals surface area contributed by atoms with Gasteiger partial charge in [0.1, 0.15) is 5.69 Å². The average Bonchev–Trinajstić information content (AvgIpc) is 2.45. The van der Waals surface area contributed by atoms with Crippen molar-refractivity contribution in [2.75, 3.05) is 5.73 Å². The number of fused-ring (bicyclic) bond motifs is 1. The van der Waals surface area contributed by atoms with Gasteiger partial charge in [0, 0.05) is 11.6 Å². The van der Waals surface area contributed by atoms with Crippen molar-refractivity contribution < 1.29 is 4.42 Å². The van der Waals surface area contributed by atoms with Crippen LogP contribution in [-0.4, -0.2) is 4.98 Å². The zero-order valence-electron chi connectivity index (χ0n) is 5.63. The molecule has 0 aromatic carbocycles. The molecule has 11 heavy (non-hydrogen) atoms. The molecule has 4 heteroatoms. The van der Waals surface area contributed by atoms with Crippen molar-refractivity contribution in [1.82, 2.24) is 4.98 Å². The predicted octanol–water partition coefficient (Wildman–Crippen LogP) is 0.703. The van der Waals surface area contributed by atoms with Gasteiger partial charge >= 0.3 is 0 Å². The minimum Gasteiger partial charge on any atom is -0.462 e. The maximum atomic E-state index is 10.9. The van der Waals surface area contributed by atoms with Crippen LogP contribution in [0.5, 0.6) is 0 Å². The zero-order chi connectivity index (χ0) is 7.84. The average molecular weight is 150 g/mol. The monoisotopic (exact) mass is 150 g/mol. The first-order valence-corrected chi connectivity index (χ1v) is 3.13. The van der Waals surface area contributed by atoms with Crippen LogP contribution in [0.1, 0.15) is 0 Å². The Hall–Kier alpha value is -1.71. The predicted molar refractivity (Wildman–Crippen MR) is 41.2 cm³/mol. The highest BCUT2D eigenvalue weighted by Crippen LogP contribution is 2.16. The number of furan rings is 1. The Morgan fingerprint density at radius 1 is 1.55 bits per heavy atom. The van der Waals surface area contributed by atoms with Gasteiger partial charge in [-0.2, -0.15) is 0 Å². The van der Waals surface area contributed by atoms with Gasteiger partial charge in [-0.3, -0.25) is 4.79 Å². The molecule has 0 saturated heterocycles. The number of rotatable bonds is 0. The molecular formula is C7H6N2O2. The van der Waals surface area contributed by atoms with Gasteiger partial charge in [0.25, 0.3) is 5.56 Å². The number of nitrogens with one attached hydrogen (secondary N) is 1. The Morgan fingerprint density at radius 3 is 3.18 bits per heavy atom. The molecule has 0 saturated carbocycles. The van der Waals surface area contributed by atoms with Crippen LogP contribution in [0, 0.1) is 0 Å². The number of pyridine rings is 1. The van der Waals surface area contributed by atoms with Crippen molar-refractivity contribution >= 4 is 16.7 Å². The molecule has 0 aliphatic rings. The van der Waals surface area contributed by atoms with Crippen molar-refractivity contribution in [3.8, 4) is 0 Å². The summed E-state index contributed by atoms with van der Waals surface area (Å²) < 4.78 is 4.98. The highest BCUT2D eigenvalue weighted by molar-refractivity contribution is 5.86. The number of anilines is 1. The van der Waals surface area contributed by atoms with Gasteiger partial charge in [0.15, 0.2) is 5.58 Å². The maximum absolute atomic E-state index is 10.9. The number of hydrogen-bond acceptors (Lipinski definition) is 3. The number of nitrogen functional groups attached to an aromatic ring is 1. The van der Waals surface area contributed by atoms with Gasteiger partial charge in [-0.05, 0) is 6.07 Å². The summed E-state index contributed by atoms with van der Waals surface area (Å²) in [6.07, 6.45) is 3.06. The topological polar surface area (TPSA) is 72.0 Å². The molecule has 2 rings (SSSR count). The SMILES string of the molecule is Nc1c(=O)[nH]cc2ccoc12. The second-order valence-corrected chi connectivity index (χ2v) is 2.24. The van der Waals surface area contributed by atoms with E-state index in [-0.39, 0.29) is 11.2 Å². The fourth-order valence-electron chi connectivity index (χ4n) is 0.976. The normalized spacial score (nSPS) is 10.5. The summed E-state index contributed by atoms with van der Waals surface area (Å²) in [5.41, 5.74) is 5.70. The van der Waals surface area contributed by atoms with Crippen LogP contribution in [0.3, 0.4) is 0 Å². The summed E-state index contributed by atoms with van der Waals surface area (Å²) >= 11 is 0. The molecule has 2 aromatic heterocycles. The molecule has 0 amide bonds. The highest BCUT2D eigenvalue weighted by atomic mass is 16.3. The molecule has 3 N–H and O–H groups in total. The number of aromatic nitrogens is 1. The van der Waals surface area contributed by atoms with Crippen molar-refractivity contribution in [2.24, 2.45) is 0 Å². The second kappa shape index (κ2) is 1.88. The van der Waals surface area contributed by atoms with E-state index in [0.29, 0.717) is 5.58 Å². The molecule has 0 atom stereocenters. The van der Waals surface area contributed by atoms with Gasteiger partial charge in [0.05, 0.1) is 6.26 Å². The molecule has 0 spiro atoms. The molecule has 2 aromatic rings. The molecule has 4 nitrogen and oxygen atoms in total. The van der Waals surface area contributed by atoms with Gasteiger partial charge in [-0.1, -0.05) is 0 Å². The van der Waals surface area contributed by atoms with E-state index in [1.807, 2.05) is 0 Å². The van der Waals surface area contributed by atoms with E-state index in [1.54, 1.807) is 12.3 Å². The van der Waals surface area contributed by atoms with E-state index >= 15 is 0 Å². The number of nitrogens with two attached hydrogens (primary N) is 1. The largest absolute Gasteiger partial charge is 0.462 e. The summed E-state index contributed by atoms with van der Waals surface area (Å²) in [6.45, 7) is 0. The van der Waals surface area contributed by atoms with Crippen LogP contribution in [-0.2, 0) is 0 Å². The lowest BCUT2D eigenvalue weighted by Gasteiger charge is -1.90. The summed E-state index contributed by atoms with van der Waals surface area (Å²) in [6, 6.07) is 1.74. The third-order valence-electron chi connectivity index (χ3n) is 1.54. The van der Waals surface area contributed by atoms with Gasteiger partial charge < -0.3 is 15.1 Å². The Kier molecular flexibility index (Phi) is 1.03. The van der Waals surface area contributed by atoms with Crippen LogP contribution in [0.15, 0.2) is 27.7 Å². The third kappa shape index (κ3) is 0.724. The molecule has 0 bridgehead atoms. The number of hydrogen-bond donors (Lipinski definition) is 2. The highest BCUT2D eigenvalue weighted by Gasteiger charge is 2.03. The molecule has 0 aliphatic heterocycles. The Morgan fingerprint density at radius 2 is 2.36 bits per heavy atom. The lowest BCUT2D eigenvalue weighted by Crippen LogP contribution is -2.10. The first kappa shape index (κ1) is 6.03. The van der Waals surface area contributed by atoms with Crippen LogP contribution in [0.25, 0.3) is 11.0 Å². The van der Waals surface area contributed by atoms with E-state index < -0.39 is 0 Å². The van der Waals surface area contributed by atoms with E-state index in [9.17, 15) is 4.79 Å². The molecule has 0 aliphatic carbocycles. The minimum atomic E-state index is -0.313.